The van der Waals surface area contributed by atoms with Crippen LogP contribution < -0.4 is 10.2 Å². The quantitative estimate of drug-likeness (QED) is 0.838. The number of nitrogens with one attached hydrogen (secondary N) is 1. The molecule has 2 aromatic carbocycles. The number of amides is 3. The van der Waals surface area contributed by atoms with Crippen LogP contribution in [0.1, 0.15) is 15.9 Å². The summed E-state index contributed by atoms with van der Waals surface area (Å²) < 4.78 is 0. The van der Waals surface area contributed by atoms with Crippen LogP contribution in [-0.4, -0.2) is 43.2 Å². The zero-order valence-corrected chi connectivity index (χ0v) is 15.2. The van der Waals surface area contributed by atoms with Crippen molar-refractivity contribution in [3.8, 4) is 0 Å². The summed E-state index contributed by atoms with van der Waals surface area (Å²) in [6.45, 7) is 1.79. The summed E-state index contributed by atoms with van der Waals surface area (Å²) in [4.78, 5) is 29.1. The van der Waals surface area contributed by atoms with Gasteiger partial charge in [0, 0.05) is 42.8 Å². The summed E-state index contributed by atoms with van der Waals surface area (Å²) in [7, 11) is 1.79. The number of benzene rings is 2. The molecule has 1 heterocycles. The van der Waals surface area contributed by atoms with Crippen LogP contribution in [0.2, 0.25) is 0 Å². The molecule has 5 nitrogen and oxygen atoms in total. The molecule has 0 bridgehead atoms. The van der Waals surface area contributed by atoms with E-state index in [-0.39, 0.29) is 11.9 Å². The van der Waals surface area contributed by atoms with E-state index in [9.17, 15) is 9.59 Å². The molecule has 6 heteroatoms. The Balaban J connectivity index is 1.74. The molecule has 1 fully saturated rings. The van der Waals surface area contributed by atoms with Crippen LogP contribution in [0.3, 0.4) is 0 Å². The first kappa shape index (κ1) is 17.4. The Bertz CT molecular complexity index is 794. The normalized spacial score (nSPS) is 13.7. The molecule has 0 atom stereocenters. The predicted molar refractivity (Wildman–Crippen MR) is 101 cm³/mol. The minimum absolute atomic E-state index is 0.0593. The molecule has 3 rings (SSSR count). The Morgan fingerprint density at radius 2 is 2.04 bits per heavy atom. The Morgan fingerprint density at radius 3 is 2.76 bits per heavy atom. The maximum atomic E-state index is 12.8. The molecule has 0 radical (unpaired) electrons. The molecule has 0 unspecified atom stereocenters. The summed E-state index contributed by atoms with van der Waals surface area (Å²) in [6, 6.07) is 15.3. The van der Waals surface area contributed by atoms with Gasteiger partial charge in [-0.2, -0.15) is 0 Å². The molecule has 0 spiro atoms. The summed E-state index contributed by atoms with van der Waals surface area (Å²) in [5, 5.41) is 2.77. The Morgan fingerprint density at radius 1 is 1.24 bits per heavy atom. The van der Waals surface area contributed by atoms with Crippen molar-refractivity contribution in [2.24, 2.45) is 0 Å². The SMILES string of the molecule is CSc1cccc(CN(C)C(=O)c2cccc(N3CCNC3=O)c2)c1. The number of hydrogen-bond donors (Lipinski definition) is 1. The fourth-order valence-electron chi connectivity index (χ4n) is 2.86. The lowest BCUT2D eigenvalue weighted by Gasteiger charge is -2.19. The predicted octanol–water partition coefficient (Wildman–Crippen LogP) is 3.21. The van der Waals surface area contributed by atoms with Gasteiger partial charge in [-0.05, 0) is 42.2 Å². The van der Waals surface area contributed by atoms with E-state index in [1.165, 1.54) is 4.90 Å². The lowest BCUT2D eigenvalue weighted by Crippen LogP contribution is -2.29. The van der Waals surface area contributed by atoms with Crippen molar-refractivity contribution in [2.45, 2.75) is 11.4 Å². The summed E-state index contributed by atoms with van der Waals surface area (Å²) in [5.74, 6) is -0.0593. The number of hydrogen-bond acceptors (Lipinski definition) is 3. The van der Waals surface area contributed by atoms with Crippen molar-refractivity contribution in [3.05, 3.63) is 59.7 Å². The Labute approximate surface area is 152 Å². The first-order valence-electron chi connectivity index (χ1n) is 8.12. The van der Waals surface area contributed by atoms with E-state index in [2.05, 4.69) is 17.4 Å². The molecule has 1 N–H and O–H groups in total. The molecule has 130 valence electrons. The molecule has 1 aliphatic rings. The van der Waals surface area contributed by atoms with Crippen LogP contribution in [0.5, 0.6) is 0 Å². The molecule has 0 aliphatic carbocycles. The molecular formula is C19H21N3O2S. The van der Waals surface area contributed by atoms with Gasteiger partial charge in [0.25, 0.3) is 5.91 Å². The largest absolute Gasteiger partial charge is 0.337 e. The standard InChI is InChI=1S/C19H21N3O2S/c1-21(13-14-5-3-8-17(11-14)25-2)18(23)15-6-4-7-16(12-15)22-10-9-20-19(22)24/h3-8,11-12H,9-10,13H2,1-2H3,(H,20,24). The van der Waals surface area contributed by atoms with E-state index >= 15 is 0 Å². The highest BCUT2D eigenvalue weighted by Crippen LogP contribution is 2.20. The van der Waals surface area contributed by atoms with Gasteiger partial charge in [0.1, 0.15) is 0 Å². The minimum Gasteiger partial charge on any atom is -0.337 e. The van der Waals surface area contributed by atoms with Gasteiger partial charge in [-0.3, -0.25) is 9.69 Å². The average Bonchev–Trinajstić information content (AvgIpc) is 3.07. The monoisotopic (exact) mass is 355 g/mol. The highest BCUT2D eigenvalue weighted by atomic mass is 32.2. The van der Waals surface area contributed by atoms with E-state index in [0.717, 1.165) is 11.3 Å². The van der Waals surface area contributed by atoms with Gasteiger partial charge in [-0.15, -0.1) is 11.8 Å². The lowest BCUT2D eigenvalue weighted by atomic mass is 10.1. The molecule has 2 aromatic rings. The minimum atomic E-state index is -0.119. The van der Waals surface area contributed by atoms with Crippen molar-refractivity contribution < 1.29 is 9.59 Å². The summed E-state index contributed by atoms with van der Waals surface area (Å²) >= 11 is 1.68. The van der Waals surface area contributed by atoms with Crippen molar-refractivity contribution >= 4 is 29.4 Å². The number of thioether (sulfide) groups is 1. The van der Waals surface area contributed by atoms with Crippen LogP contribution in [0.15, 0.2) is 53.4 Å². The molecular weight excluding hydrogens is 334 g/mol. The fourth-order valence-corrected chi connectivity index (χ4v) is 3.35. The summed E-state index contributed by atoms with van der Waals surface area (Å²) in [5.41, 5.74) is 2.43. The van der Waals surface area contributed by atoms with Crippen LogP contribution in [-0.2, 0) is 6.54 Å². The average molecular weight is 355 g/mol. The van der Waals surface area contributed by atoms with Crippen LogP contribution >= 0.6 is 11.8 Å². The third kappa shape index (κ3) is 3.96. The number of rotatable bonds is 5. The Hall–Kier alpha value is -2.47. The number of urea groups is 1. The number of carbonyl (C=O) groups is 2. The second-order valence-corrected chi connectivity index (χ2v) is 6.83. The van der Waals surface area contributed by atoms with Gasteiger partial charge in [-0.25, -0.2) is 4.79 Å². The van der Waals surface area contributed by atoms with Gasteiger partial charge < -0.3 is 10.2 Å². The smallest absolute Gasteiger partial charge is 0.321 e. The van der Waals surface area contributed by atoms with Crippen molar-refractivity contribution in [2.75, 3.05) is 31.3 Å². The van der Waals surface area contributed by atoms with Crippen LogP contribution in [0.4, 0.5) is 10.5 Å². The van der Waals surface area contributed by atoms with Crippen LogP contribution in [0.25, 0.3) is 0 Å². The van der Waals surface area contributed by atoms with Gasteiger partial charge in [0.2, 0.25) is 0 Å². The number of anilines is 1. The van der Waals surface area contributed by atoms with E-state index in [0.29, 0.717) is 25.2 Å². The van der Waals surface area contributed by atoms with E-state index < -0.39 is 0 Å². The van der Waals surface area contributed by atoms with Gasteiger partial charge in [0.15, 0.2) is 0 Å². The summed E-state index contributed by atoms with van der Waals surface area (Å²) in [6.07, 6.45) is 2.04. The third-order valence-corrected chi connectivity index (χ3v) is 4.89. The van der Waals surface area contributed by atoms with Crippen LogP contribution in [0, 0.1) is 0 Å². The third-order valence-electron chi connectivity index (χ3n) is 4.16. The first-order chi connectivity index (χ1) is 12.1. The molecule has 0 saturated carbocycles. The first-order valence-corrected chi connectivity index (χ1v) is 9.35. The number of carbonyl (C=O) groups excluding carboxylic acids is 2. The second kappa shape index (κ2) is 7.61. The lowest BCUT2D eigenvalue weighted by molar-refractivity contribution is 0.0785. The number of nitrogens with zero attached hydrogens (tertiary/aromatic N) is 2. The Kier molecular flexibility index (Phi) is 5.28. The molecule has 1 aliphatic heterocycles. The second-order valence-electron chi connectivity index (χ2n) is 5.95. The van der Waals surface area contributed by atoms with Crippen molar-refractivity contribution in [3.63, 3.8) is 0 Å². The zero-order chi connectivity index (χ0) is 17.8. The molecule has 25 heavy (non-hydrogen) atoms. The molecule has 0 aromatic heterocycles. The van der Waals surface area contributed by atoms with E-state index in [1.54, 1.807) is 40.7 Å². The topological polar surface area (TPSA) is 52.7 Å². The fraction of sp³-hybridized carbons (Fsp3) is 0.263. The zero-order valence-electron chi connectivity index (χ0n) is 14.4. The van der Waals surface area contributed by atoms with Gasteiger partial charge >= 0.3 is 6.03 Å². The molecule has 3 amide bonds. The highest BCUT2D eigenvalue weighted by molar-refractivity contribution is 7.98. The van der Waals surface area contributed by atoms with E-state index in [4.69, 9.17) is 0 Å². The maximum Gasteiger partial charge on any atom is 0.321 e. The molecule has 1 saturated heterocycles. The van der Waals surface area contributed by atoms with Gasteiger partial charge in [-0.1, -0.05) is 18.2 Å². The van der Waals surface area contributed by atoms with Crippen molar-refractivity contribution in [1.82, 2.24) is 10.2 Å². The maximum absolute atomic E-state index is 12.8. The highest BCUT2D eigenvalue weighted by Gasteiger charge is 2.22. The van der Waals surface area contributed by atoms with Gasteiger partial charge in [0.05, 0.1) is 0 Å². The van der Waals surface area contributed by atoms with Crippen molar-refractivity contribution in [1.29, 1.82) is 0 Å². The van der Waals surface area contributed by atoms with E-state index in [1.807, 2.05) is 30.5 Å².